The first-order valence-electron chi connectivity index (χ1n) is 11.2. The first-order chi connectivity index (χ1) is 15.6. The molecule has 8 heteroatoms. The Morgan fingerprint density at radius 3 is 2.24 bits per heavy atom. The number of carbonyl (C=O) groups excluding carboxylic acids is 2. The van der Waals surface area contributed by atoms with Gasteiger partial charge in [0.25, 0.3) is 0 Å². The molecule has 0 bridgehead atoms. The standard InChI is InChI=1S/C25H35N3O4S/c1-6-23(25(30)26-4)27(18-21-10-7-9-20(3)17-21)24(29)11-8-16-28(33(5,31)32)22-14-12-19(2)13-15-22/h7,9-10,12-15,17,23H,6,8,11,16,18H2,1-5H3,(H,26,30). The summed E-state index contributed by atoms with van der Waals surface area (Å²) in [6, 6.07) is 14.5. The van der Waals surface area contributed by atoms with E-state index in [-0.39, 0.29) is 24.8 Å². The Morgan fingerprint density at radius 1 is 1.03 bits per heavy atom. The molecule has 0 saturated heterocycles. The smallest absolute Gasteiger partial charge is 0.242 e. The number of aryl methyl sites for hydroxylation is 2. The lowest BCUT2D eigenvalue weighted by Crippen LogP contribution is -2.48. The number of anilines is 1. The van der Waals surface area contributed by atoms with Gasteiger partial charge in [0, 0.05) is 26.6 Å². The van der Waals surface area contributed by atoms with Crippen molar-refractivity contribution in [1.29, 1.82) is 0 Å². The van der Waals surface area contributed by atoms with Crippen LogP contribution in [0.5, 0.6) is 0 Å². The Labute approximate surface area is 197 Å². The fourth-order valence-corrected chi connectivity index (χ4v) is 4.77. The van der Waals surface area contributed by atoms with Gasteiger partial charge in [-0.05, 0) is 44.4 Å². The van der Waals surface area contributed by atoms with Crippen LogP contribution < -0.4 is 9.62 Å². The quantitative estimate of drug-likeness (QED) is 0.542. The maximum atomic E-state index is 13.2. The lowest BCUT2D eigenvalue weighted by molar-refractivity contribution is -0.141. The van der Waals surface area contributed by atoms with Crippen molar-refractivity contribution in [3.8, 4) is 0 Å². The molecule has 0 spiro atoms. The summed E-state index contributed by atoms with van der Waals surface area (Å²) < 4.78 is 26.0. The summed E-state index contributed by atoms with van der Waals surface area (Å²) >= 11 is 0. The summed E-state index contributed by atoms with van der Waals surface area (Å²) in [6.07, 6.45) is 2.12. The molecule has 0 heterocycles. The zero-order chi connectivity index (χ0) is 24.6. The van der Waals surface area contributed by atoms with Gasteiger partial charge in [0.15, 0.2) is 0 Å². The zero-order valence-electron chi connectivity index (χ0n) is 20.2. The molecule has 0 aliphatic carbocycles. The number of rotatable bonds is 11. The van der Waals surface area contributed by atoms with Crippen LogP contribution in [0.2, 0.25) is 0 Å². The Kier molecular flexibility index (Phi) is 9.46. The highest BCUT2D eigenvalue weighted by atomic mass is 32.2. The van der Waals surface area contributed by atoms with E-state index in [2.05, 4.69) is 5.32 Å². The van der Waals surface area contributed by atoms with Crippen LogP contribution in [-0.2, 0) is 26.2 Å². The maximum Gasteiger partial charge on any atom is 0.242 e. The van der Waals surface area contributed by atoms with Crippen molar-refractivity contribution in [3.63, 3.8) is 0 Å². The van der Waals surface area contributed by atoms with Crippen molar-refractivity contribution in [2.45, 2.75) is 52.6 Å². The monoisotopic (exact) mass is 473 g/mol. The van der Waals surface area contributed by atoms with Crippen LogP contribution in [0.4, 0.5) is 5.69 Å². The summed E-state index contributed by atoms with van der Waals surface area (Å²) in [4.78, 5) is 27.3. The summed E-state index contributed by atoms with van der Waals surface area (Å²) in [5, 5.41) is 2.65. The normalized spacial score (nSPS) is 12.2. The summed E-state index contributed by atoms with van der Waals surface area (Å²) in [7, 11) is -1.94. The second-order valence-corrected chi connectivity index (χ2v) is 10.2. The summed E-state index contributed by atoms with van der Waals surface area (Å²) in [6.45, 7) is 6.30. The number of hydrogen-bond donors (Lipinski definition) is 1. The van der Waals surface area contributed by atoms with E-state index in [0.29, 0.717) is 25.1 Å². The van der Waals surface area contributed by atoms with Gasteiger partial charge in [0.05, 0.1) is 11.9 Å². The number of carbonyl (C=O) groups is 2. The lowest BCUT2D eigenvalue weighted by Gasteiger charge is -2.31. The predicted octanol–water partition coefficient (Wildman–Crippen LogP) is 3.40. The maximum absolute atomic E-state index is 13.2. The van der Waals surface area contributed by atoms with Gasteiger partial charge in [-0.2, -0.15) is 0 Å². The van der Waals surface area contributed by atoms with Gasteiger partial charge in [-0.3, -0.25) is 13.9 Å². The molecule has 0 aliphatic rings. The zero-order valence-corrected chi connectivity index (χ0v) is 21.0. The summed E-state index contributed by atoms with van der Waals surface area (Å²) in [5.74, 6) is -0.389. The molecule has 180 valence electrons. The number of amides is 2. The number of sulfonamides is 1. The van der Waals surface area contributed by atoms with Crippen molar-refractivity contribution >= 4 is 27.5 Å². The number of nitrogens with zero attached hydrogens (tertiary/aromatic N) is 2. The van der Waals surface area contributed by atoms with E-state index in [1.165, 1.54) is 4.31 Å². The average molecular weight is 474 g/mol. The van der Waals surface area contributed by atoms with E-state index >= 15 is 0 Å². The molecule has 0 saturated carbocycles. The molecule has 1 N–H and O–H groups in total. The first kappa shape index (κ1) is 26.4. The molecule has 2 amide bonds. The number of hydrogen-bond acceptors (Lipinski definition) is 4. The Balaban J connectivity index is 2.18. The van der Waals surface area contributed by atoms with Crippen molar-refractivity contribution < 1.29 is 18.0 Å². The SMILES string of the molecule is CCC(C(=O)NC)N(Cc1cccc(C)c1)C(=O)CCCN(c1ccc(C)cc1)S(C)(=O)=O. The van der Waals surface area contributed by atoms with E-state index in [9.17, 15) is 18.0 Å². The molecule has 1 atom stereocenters. The van der Waals surface area contributed by atoms with Crippen LogP contribution in [0.25, 0.3) is 0 Å². The molecule has 1 unspecified atom stereocenters. The number of nitrogens with one attached hydrogen (secondary N) is 1. The highest BCUT2D eigenvalue weighted by molar-refractivity contribution is 7.92. The molecular formula is C25H35N3O4S. The Morgan fingerprint density at radius 2 is 1.70 bits per heavy atom. The second kappa shape index (κ2) is 11.8. The minimum atomic E-state index is -3.50. The van der Waals surface area contributed by atoms with E-state index in [4.69, 9.17) is 0 Å². The van der Waals surface area contributed by atoms with Crippen LogP contribution >= 0.6 is 0 Å². The highest BCUT2D eigenvalue weighted by Gasteiger charge is 2.28. The van der Waals surface area contributed by atoms with Crippen molar-refractivity contribution in [2.24, 2.45) is 0 Å². The van der Waals surface area contributed by atoms with Crippen molar-refractivity contribution in [3.05, 3.63) is 65.2 Å². The third kappa shape index (κ3) is 7.60. The minimum Gasteiger partial charge on any atom is -0.357 e. The predicted molar refractivity (Wildman–Crippen MR) is 132 cm³/mol. The van der Waals surface area contributed by atoms with Gasteiger partial charge in [-0.1, -0.05) is 54.4 Å². The third-order valence-corrected chi connectivity index (χ3v) is 6.74. The van der Waals surface area contributed by atoms with Gasteiger partial charge < -0.3 is 10.2 Å². The van der Waals surface area contributed by atoms with E-state index < -0.39 is 16.1 Å². The van der Waals surface area contributed by atoms with Crippen molar-refractivity contribution in [2.75, 3.05) is 24.2 Å². The Bertz CT molecular complexity index is 1050. The fourth-order valence-electron chi connectivity index (χ4n) is 3.81. The molecule has 0 aromatic heterocycles. The van der Waals surface area contributed by atoms with Crippen LogP contribution in [0, 0.1) is 13.8 Å². The number of likely N-dealkylation sites (N-methyl/N-ethyl adjacent to an activating group) is 1. The fraction of sp³-hybridized carbons (Fsp3) is 0.440. The second-order valence-electron chi connectivity index (χ2n) is 8.32. The topological polar surface area (TPSA) is 86.8 Å². The molecular weight excluding hydrogens is 438 g/mol. The van der Waals surface area contributed by atoms with E-state index in [1.54, 1.807) is 24.1 Å². The molecule has 7 nitrogen and oxygen atoms in total. The van der Waals surface area contributed by atoms with Crippen LogP contribution in [-0.4, -0.2) is 51.0 Å². The number of benzene rings is 2. The van der Waals surface area contributed by atoms with Gasteiger partial charge in [0.2, 0.25) is 21.8 Å². The molecule has 0 aliphatic heterocycles. The lowest BCUT2D eigenvalue weighted by atomic mass is 10.1. The van der Waals surface area contributed by atoms with Gasteiger partial charge in [-0.25, -0.2) is 8.42 Å². The molecule has 0 radical (unpaired) electrons. The molecule has 2 aromatic rings. The van der Waals surface area contributed by atoms with Crippen LogP contribution in [0.3, 0.4) is 0 Å². The van der Waals surface area contributed by atoms with E-state index in [1.807, 2.05) is 57.2 Å². The molecule has 0 fully saturated rings. The van der Waals surface area contributed by atoms with Gasteiger partial charge in [0.1, 0.15) is 6.04 Å². The van der Waals surface area contributed by atoms with Crippen molar-refractivity contribution in [1.82, 2.24) is 10.2 Å². The molecule has 2 aromatic carbocycles. The van der Waals surface area contributed by atoms with E-state index in [0.717, 1.165) is 22.9 Å². The highest BCUT2D eigenvalue weighted by Crippen LogP contribution is 2.20. The average Bonchev–Trinajstić information content (AvgIpc) is 2.76. The Hall–Kier alpha value is -2.87. The summed E-state index contributed by atoms with van der Waals surface area (Å²) in [5.41, 5.74) is 3.64. The largest absolute Gasteiger partial charge is 0.357 e. The van der Waals surface area contributed by atoms with Gasteiger partial charge >= 0.3 is 0 Å². The van der Waals surface area contributed by atoms with Crippen LogP contribution in [0.1, 0.15) is 42.9 Å². The third-order valence-electron chi connectivity index (χ3n) is 5.54. The molecule has 33 heavy (non-hydrogen) atoms. The molecule has 2 rings (SSSR count). The first-order valence-corrected chi connectivity index (χ1v) is 13.0. The van der Waals surface area contributed by atoms with Crippen LogP contribution in [0.15, 0.2) is 48.5 Å². The minimum absolute atomic E-state index is 0.136. The van der Waals surface area contributed by atoms with Gasteiger partial charge in [-0.15, -0.1) is 0 Å².